The lowest BCUT2D eigenvalue weighted by Gasteiger charge is -2.44. The number of rotatable bonds is 5. The van der Waals surface area contributed by atoms with Crippen LogP contribution in [0.3, 0.4) is 0 Å². The van der Waals surface area contributed by atoms with E-state index in [4.69, 9.17) is 16.3 Å². The summed E-state index contributed by atoms with van der Waals surface area (Å²) < 4.78 is 5.99. The highest BCUT2D eigenvalue weighted by Crippen LogP contribution is 2.38. The van der Waals surface area contributed by atoms with Crippen LogP contribution in [0.4, 0.5) is 0 Å². The first-order valence-electron chi connectivity index (χ1n) is 7.57. The van der Waals surface area contributed by atoms with Crippen molar-refractivity contribution in [3.63, 3.8) is 0 Å². The van der Waals surface area contributed by atoms with Crippen LogP contribution in [0.25, 0.3) is 0 Å². The molecule has 1 fully saturated rings. The van der Waals surface area contributed by atoms with Gasteiger partial charge in [0.25, 0.3) is 0 Å². The minimum absolute atomic E-state index is 0.0551. The summed E-state index contributed by atoms with van der Waals surface area (Å²) in [5, 5.41) is 4.32. The van der Waals surface area contributed by atoms with Crippen LogP contribution in [0, 0.1) is 5.92 Å². The lowest BCUT2D eigenvalue weighted by Crippen LogP contribution is -2.54. The lowest BCUT2D eigenvalue weighted by atomic mass is 9.74. The summed E-state index contributed by atoms with van der Waals surface area (Å²) in [5.74, 6) is 0.816. The van der Waals surface area contributed by atoms with E-state index in [1.165, 1.54) is 18.4 Å². The molecule has 0 heterocycles. The van der Waals surface area contributed by atoms with Gasteiger partial charge in [-0.15, -0.1) is 0 Å². The summed E-state index contributed by atoms with van der Waals surface area (Å²) in [7, 11) is 3.88. The molecule has 20 heavy (non-hydrogen) atoms. The van der Waals surface area contributed by atoms with Gasteiger partial charge in [-0.05, 0) is 56.7 Å². The average molecular weight is 296 g/mol. The molecule has 1 atom stereocenters. The lowest BCUT2D eigenvalue weighted by molar-refractivity contribution is -0.0730. The number of ether oxygens (including phenoxy) is 1. The highest BCUT2D eigenvalue weighted by molar-refractivity contribution is 6.31. The Hall–Kier alpha value is -0.570. The molecule has 0 bridgehead atoms. The molecule has 1 aromatic rings. The number of likely N-dealkylation sites (N-methyl/N-ethyl adjacent to an activating group) is 1. The van der Waals surface area contributed by atoms with Crippen molar-refractivity contribution in [3.05, 3.63) is 34.9 Å². The fraction of sp³-hybridized carbons (Fsp3) is 0.647. The van der Waals surface area contributed by atoms with Crippen LogP contribution >= 0.6 is 11.6 Å². The molecule has 1 N–H and O–H groups in total. The van der Waals surface area contributed by atoms with Gasteiger partial charge in [0.1, 0.15) is 0 Å². The zero-order valence-corrected chi connectivity index (χ0v) is 13.5. The third kappa shape index (κ3) is 3.36. The van der Waals surface area contributed by atoms with Crippen molar-refractivity contribution >= 4 is 11.6 Å². The van der Waals surface area contributed by atoms with Gasteiger partial charge in [-0.25, -0.2) is 0 Å². The zero-order chi connectivity index (χ0) is 14.6. The Morgan fingerprint density at radius 3 is 2.55 bits per heavy atom. The van der Waals surface area contributed by atoms with Crippen LogP contribution in [0.1, 0.15) is 38.2 Å². The Balaban J connectivity index is 2.16. The Bertz CT molecular complexity index is 427. The predicted molar refractivity (Wildman–Crippen MR) is 85.4 cm³/mol. The van der Waals surface area contributed by atoms with Crippen molar-refractivity contribution in [3.8, 4) is 0 Å². The van der Waals surface area contributed by atoms with Crippen molar-refractivity contribution in [1.29, 1.82) is 0 Å². The third-order valence-electron chi connectivity index (χ3n) is 4.89. The standard InChI is InChI=1S/C17H26ClNO/c1-13-8-10-17(20-3,11-9-13)16(19-2)12-14-6-4-5-7-15(14)18/h4-7,13,16,19H,8-12H2,1-3H3. The Morgan fingerprint density at radius 2 is 2.00 bits per heavy atom. The zero-order valence-electron chi connectivity index (χ0n) is 12.8. The predicted octanol–water partition coefficient (Wildman–Crippen LogP) is 4.07. The normalized spacial score (nSPS) is 28.3. The first-order chi connectivity index (χ1) is 9.61. The van der Waals surface area contributed by atoms with E-state index in [-0.39, 0.29) is 5.60 Å². The number of methoxy groups -OCH3 is 1. The molecule has 2 rings (SSSR count). The van der Waals surface area contributed by atoms with Gasteiger partial charge in [0.15, 0.2) is 0 Å². The largest absolute Gasteiger partial charge is 0.377 e. The van der Waals surface area contributed by atoms with Gasteiger partial charge >= 0.3 is 0 Å². The van der Waals surface area contributed by atoms with Gasteiger partial charge in [-0.3, -0.25) is 0 Å². The fourth-order valence-electron chi connectivity index (χ4n) is 3.38. The molecular formula is C17H26ClNO. The Labute approximate surface area is 127 Å². The number of hydrogen-bond donors (Lipinski definition) is 1. The maximum atomic E-state index is 6.31. The van der Waals surface area contributed by atoms with Crippen molar-refractivity contribution in [2.45, 2.75) is 50.7 Å². The topological polar surface area (TPSA) is 21.3 Å². The van der Waals surface area contributed by atoms with Gasteiger partial charge < -0.3 is 10.1 Å². The number of benzene rings is 1. The summed E-state index contributed by atoms with van der Waals surface area (Å²) in [6.45, 7) is 2.34. The third-order valence-corrected chi connectivity index (χ3v) is 5.26. The quantitative estimate of drug-likeness (QED) is 0.884. The van der Waals surface area contributed by atoms with Gasteiger partial charge in [0.2, 0.25) is 0 Å². The molecule has 112 valence electrons. The van der Waals surface area contributed by atoms with E-state index in [1.54, 1.807) is 0 Å². The second-order valence-electron chi connectivity index (χ2n) is 6.09. The van der Waals surface area contributed by atoms with E-state index in [1.807, 2.05) is 26.3 Å². The van der Waals surface area contributed by atoms with Gasteiger partial charge in [0.05, 0.1) is 5.60 Å². The van der Waals surface area contributed by atoms with E-state index < -0.39 is 0 Å². The molecule has 1 aliphatic carbocycles. The fourth-order valence-corrected chi connectivity index (χ4v) is 3.59. The minimum Gasteiger partial charge on any atom is -0.377 e. The Morgan fingerprint density at radius 1 is 1.35 bits per heavy atom. The molecule has 0 radical (unpaired) electrons. The highest BCUT2D eigenvalue weighted by atomic mass is 35.5. The molecule has 1 aliphatic rings. The SMILES string of the molecule is CNC(Cc1ccccc1Cl)C1(OC)CCC(C)CC1. The second-order valence-corrected chi connectivity index (χ2v) is 6.50. The van der Waals surface area contributed by atoms with Gasteiger partial charge in [-0.1, -0.05) is 36.7 Å². The summed E-state index contributed by atoms with van der Waals surface area (Å²) in [6.07, 6.45) is 5.66. The van der Waals surface area contributed by atoms with Gasteiger partial charge in [0, 0.05) is 18.2 Å². The highest BCUT2D eigenvalue weighted by Gasteiger charge is 2.40. The summed E-state index contributed by atoms with van der Waals surface area (Å²) in [4.78, 5) is 0. The van der Waals surface area contributed by atoms with Crippen molar-refractivity contribution in [2.75, 3.05) is 14.2 Å². The molecule has 0 aromatic heterocycles. The second kappa shape index (κ2) is 6.93. The van der Waals surface area contributed by atoms with E-state index in [2.05, 4.69) is 24.4 Å². The molecular weight excluding hydrogens is 270 g/mol. The van der Waals surface area contributed by atoms with Crippen LogP contribution < -0.4 is 5.32 Å². The number of halogens is 1. The first-order valence-corrected chi connectivity index (χ1v) is 7.95. The van der Waals surface area contributed by atoms with Crippen LogP contribution in [-0.2, 0) is 11.2 Å². The number of hydrogen-bond acceptors (Lipinski definition) is 2. The minimum atomic E-state index is -0.0551. The molecule has 0 saturated heterocycles. The monoisotopic (exact) mass is 295 g/mol. The summed E-state index contributed by atoms with van der Waals surface area (Å²) in [5.41, 5.74) is 1.14. The van der Waals surface area contributed by atoms with E-state index in [9.17, 15) is 0 Å². The van der Waals surface area contributed by atoms with Crippen LogP contribution in [-0.4, -0.2) is 25.8 Å². The maximum absolute atomic E-state index is 6.31. The summed E-state index contributed by atoms with van der Waals surface area (Å²) in [6, 6.07) is 8.42. The molecule has 1 unspecified atom stereocenters. The average Bonchev–Trinajstić information content (AvgIpc) is 2.48. The van der Waals surface area contributed by atoms with Crippen molar-refractivity contribution in [1.82, 2.24) is 5.32 Å². The van der Waals surface area contributed by atoms with E-state index in [0.717, 1.165) is 30.2 Å². The molecule has 0 aliphatic heterocycles. The molecule has 0 spiro atoms. The van der Waals surface area contributed by atoms with Crippen molar-refractivity contribution < 1.29 is 4.74 Å². The molecule has 2 nitrogen and oxygen atoms in total. The summed E-state index contributed by atoms with van der Waals surface area (Å²) >= 11 is 6.31. The van der Waals surface area contributed by atoms with Gasteiger partial charge in [-0.2, -0.15) is 0 Å². The first kappa shape index (κ1) is 15.8. The van der Waals surface area contributed by atoms with Crippen LogP contribution in [0.15, 0.2) is 24.3 Å². The smallest absolute Gasteiger partial charge is 0.0834 e. The van der Waals surface area contributed by atoms with Crippen molar-refractivity contribution in [2.24, 2.45) is 5.92 Å². The van der Waals surface area contributed by atoms with Crippen LogP contribution in [0.5, 0.6) is 0 Å². The van der Waals surface area contributed by atoms with E-state index in [0.29, 0.717) is 6.04 Å². The number of nitrogens with one attached hydrogen (secondary N) is 1. The van der Waals surface area contributed by atoms with E-state index >= 15 is 0 Å². The maximum Gasteiger partial charge on any atom is 0.0834 e. The molecule has 0 amide bonds. The molecule has 1 aromatic carbocycles. The molecule has 1 saturated carbocycles. The van der Waals surface area contributed by atoms with Crippen LogP contribution in [0.2, 0.25) is 5.02 Å². The Kier molecular flexibility index (Phi) is 5.48. The molecule has 3 heteroatoms.